The Hall–Kier alpha value is -3.23. The molecule has 0 saturated heterocycles. The van der Waals surface area contributed by atoms with Crippen LogP contribution in [0.2, 0.25) is 0 Å². The largest absolute Gasteiger partial charge is 0.493 e. The summed E-state index contributed by atoms with van der Waals surface area (Å²) in [5.74, 6) is 0.120. The van der Waals surface area contributed by atoms with E-state index in [0.29, 0.717) is 40.2 Å². The van der Waals surface area contributed by atoms with Crippen LogP contribution < -0.4 is 15.4 Å². The van der Waals surface area contributed by atoms with Gasteiger partial charge in [-0.25, -0.2) is 0 Å². The highest BCUT2D eigenvalue weighted by atomic mass is 79.9. The molecule has 8 heteroatoms. The molecule has 0 aliphatic carbocycles. The maximum absolute atomic E-state index is 13.1. The Kier molecular flexibility index (Phi) is 8.57. The molecule has 170 valence electrons. The van der Waals surface area contributed by atoms with Crippen molar-refractivity contribution in [2.45, 2.75) is 13.5 Å². The lowest BCUT2D eigenvalue weighted by Gasteiger charge is -2.20. The van der Waals surface area contributed by atoms with E-state index in [1.807, 2.05) is 37.3 Å². The summed E-state index contributed by atoms with van der Waals surface area (Å²) in [5, 5.41) is 5.72. The summed E-state index contributed by atoms with van der Waals surface area (Å²) in [6.07, 6.45) is 0. The second kappa shape index (κ2) is 11.6. The summed E-state index contributed by atoms with van der Waals surface area (Å²) in [6.45, 7) is 2.89. The number of carbonyl (C=O) groups is 2. The summed E-state index contributed by atoms with van der Waals surface area (Å²) in [5.41, 5.74) is 2.42. The number of para-hydroxylation sites is 1. The van der Waals surface area contributed by atoms with Crippen molar-refractivity contribution in [3.8, 4) is 5.75 Å². The van der Waals surface area contributed by atoms with Crippen LogP contribution in [0.1, 0.15) is 33.2 Å². The summed E-state index contributed by atoms with van der Waals surface area (Å²) < 4.78 is 6.15. The number of rotatable bonds is 7. The fraction of sp³-hybridized carbons (Fsp3) is 0.160. The van der Waals surface area contributed by atoms with E-state index in [4.69, 9.17) is 17.0 Å². The average Bonchev–Trinajstić information content (AvgIpc) is 2.81. The summed E-state index contributed by atoms with van der Waals surface area (Å²) >= 11 is 8.73. The average molecular weight is 526 g/mol. The topological polar surface area (TPSA) is 70.7 Å². The van der Waals surface area contributed by atoms with Gasteiger partial charge in [-0.1, -0.05) is 42.5 Å². The molecular formula is C25H24BrN3O3S. The number of nitrogens with zero attached hydrogens (tertiary/aromatic N) is 1. The predicted octanol–water partition coefficient (Wildman–Crippen LogP) is 5.25. The third-order valence-corrected chi connectivity index (χ3v) is 5.56. The Labute approximate surface area is 207 Å². The van der Waals surface area contributed by atoms with Crippen molar-refractivity contribution < 1.29 is 14.3 Å². The normalized spacial score (nSPS) is 10.3. The van der Waals surface area contributed by atoms with E-state index in [-0.39, 0.29) is 16.9 Å². The standard InChI is InChI=1S/C25H24BrN3O3S/c1-3-32-22-14-13-18(15-20(22)26)23(30)28-25(33)27-21-12-8-7-11-19(21)24(31)29(2)16-17-9-5-4-6-10-17/h4-15H,3,16H2,1-2H3,(H2,27,28,30,33). The van der Waals surface area contributed by atoms with Crippen LogP contribution in [0.4, 0.5) is 5.69 Å². The Bertz CT molecular complexity index is 1150. The molecule has 6 nitrogen and oxygen atoms in total. The van der Waals surface area contributed by atoms with Gasteiger partial charge in [-0.05, 0) is 71.0 Å². The number of hydrogen-bond donors (Lipinski definition) is 2. The molecule has 3 aromatic carbocycles. The summed E-state index contributed by atoms with van der Waals surface area (Å²) in [6, 6.07) is 21.8. The Morgan fingerprint density at radius 3 is 2.42 bits per heavy atom. The molecule has 0 spiro atoms. The van der Waals surface area contributed by atoms with Crippen molar-refractivity contribution in [1.82, 2.24) is 10.2 Å². The molecule has 0 fully saturated rings. The highest BCUT2D eigenvalue weighted by molar-refractivity contribution is 9.10. The minimum atomic E-state index is -0.374. The van der Waals surface area contributed by atoms with E-state index >= 15 is 0 Å². The number of hydrogen-bond acceptors (Lipinski definition) is 4. The van der Waals surface area contributed by atoms with Crippen molar-refractivity contribution in [2.24, 2.45) is 0 Å². The van der Waals surface area contributed by atoms with Gasteiger partial charge in [0.2, 0.25) is 0 Å². The van der Waals surface area contributed by atoms with Crippen LogP contribution in [-0.4, -0.2) is 35.5 Å². The Morgan fingerprint density at radius 1 is 1.03 bits per heavy atom. The zero-order valence-corrected chi connectivity index (χ0v) is 20.7. The number of halogens is 1. The molecule has 0 aliphatic rings. The minimum Gasteiger partial charge on any atom is -0.493 e. The Balaban J connectivity index is 1.67. The Morgan fingerprint density at radius 2 is 1.73 bits per heavy atom. The lowest BCUT2D eigenvalue weighted by molar-refractivity contribution is 0.0786. The van der Waals surface area contributed by atoms with Crippen LogP contribution in [0.15, 0.2) is 77.3 Å². The number of ether oxygens (including phenoxy) is 1. The van der Waals surface area contributed by atoms with Crippen LogP contribution in [-0.2, 0) is 6.54 Å². The van der Waals surface area contributed by atoms with Gasteiger partial charge in [0.05, 0.1) is 22.3 Å². The van der Waals surface area contributed by atoms with Crippen molar-refractivity contribution in [2.75, 3.05) is 19.0 Å². The van der Waals surface area contributed by atoms with Crippen molar-refractivity contribution in [1.29, 1.82) is 0 Å². The number of benzene rings is 3. The van der Waals surface area contributed by atoms with E-state index in [2.05, 4.69) is 26.6 Å². The molecule has 0 bridgehead atoms. The van der Waals surface area contributed by atoms with Crippen LogP contribution in [0.25, 0.3) is 0 Å². The molecule has 0 radical (unpaired) electrons. The molecule has 2 amide bonds. The molecule has 3 rings (SSSR count). The highest BCUT2D eigenvalue weighted by Gasteiger charge is 2.17. The third kappa shape index (κ3) is 6.63. The molecule has 0 saturated carbocycles. The maximum atomic E-state index is 13.1. The summed E-state index contributed by atoms with van der Waals surface area (Å²) in [7, 11) is 1.75. The predicted molar refractivity (Wildman–Crippen MR) is 138 cm³/mol. The minimum absolute atomic E-state index is 0.0935. The fourth-order valence-corrected chi connectivity index (χ4v) is 3.85. The van der Waals surface area contributed by atoms with Crippen molar-refractivity contribution in [3.05, 3.63) is 94.0 Å². The van der Waals surface area contributed by atoms with Crippen LogP contribution in [0.3, 0.4) is 0 Å². The molecule has 0 aliphatic heterocycles. The van der Waals surface area contributed by atoms with Crippen molar-refractivity contribution in [3.63, 3.8) is 0 Å². The maximum Gasteiger partial charge on any atom is 0.257 e. The molecule has 0 heterocycles. The van der Waals surface area contributed by atoms with Gasteiger partial charge in [0, 0.05) is 19.2 Å². The highest BCUT2D eigenvalue weighted by Crippen LogP contribution is 2.26. The van der Waals surface area contributed by atoms with E-state index in [1.54, 1.807) is 54.4 Å². The second-order valence-corrected chi connectivity index (χ2v) is 8.44. The second-order valence-electron chi connectivity index (χ2n) is 7.18. The van der Waals surface area contributed by atoms with Crippen LogP contribution in [0.5, 0.6) is 5.75 Å². The lowest BCUT2D eigenvalue weighted by Crippen LogP contribution is -2.35. The van der Waals surface area contributed by atoms with Gasteiger partial charge in [0.25, 0.3) is 11.8 Å². The molecule has 33 heavy (non-hydrogen) atoms. The quantitative estimate of drug-likeness (QED) is 0.412. The first-order chi connectivity index (χ1) is 15.9. The van der Waals surface area contributed by atoms with E-state index < -0.39 is 0 Å². The first kappa shape index (κ1) is 24.4. The number of thiocarbonyl (C=S) groups is 1. The molecule has 0 aromatic heterocycles. The van der Waals surface area contributed by atoms with E-state index in [0.717, 1.165) is 5.56 Å². The smallest absolute Gasteiger partial charge is 0.257 e. The first-order valence-corrected chi connectivity index (χ1v) is 11.5. The van der Waals surface area contributed by atoms with Gasteiger partial charge in [0.15, 0.2) is 5.11 Å². The van der Waals surface area contributed by atoms with Gasteiger partial charge < -0.3 is 15.0 Å². The molecule has 2 N–H and O–H groups in total. The van der Waals surface area contributed by atoms with Crippen LogP contribution in [0, 0.1) is 0 Å². The molecule has 0 atom stereocenters. The molecule has 3 aromatic rings. The van der Waals surface area contributed by atoms with Gasteiger partial charge in [-0.3, -0.25) is 14.9 Å². The zero-order chi connectivity index (χ0) is 23.8. The first-order valence-electron chi connectivity index (χ1n) is 10.3. The number of anilines is 1. The number of nitrogens with one attached hydrogen (secondary N) is 2. The van der Waals surface area contributed by atoms with Gasteiger partial charge in [0.1, 0.15) is 5.75 Å². The molecular weight excluding hydrogens is 502 g/mol. The van der Waals surface area contributed by atoms with E-state index in [9.17, 15) is 9.59 Å². The number of carbonyl (C=O) groups excluding carboxylic acids is 2. The zero-order valence-electron chi connectivity index (χ0n) is 18.3. The SMILES string of the molecule is CCOc1ccc(C(=O)NC(=S)Nc2ccccc2C(=O)N(C)Cc2ccccc2)cc1Br. The fourth-order valence-electron chi connectivity index (χ4n) is 3.16. The molecule has 0 unspecified atom stereocenters. The summed E-state index contributed by atoms with van der Waals surface area (Å²) in [4.78, 5) is 27.3. The third-order valence-electron chi connectivity index (χ3n) is 4.74. The van der Waals surface area contributed by atoms with Gasteiger partial charge in [-0.15, -0.1) is 0 Å². The van der Waals surface area contributed by atoms with Gasteiger partial charge >= 0.3 is 0 Å². The van der Waals surface area contributed by atoms with Crippen molar-refractivity contribution >= 4 is 50.8 Å². The van der Waals surface area contributed by atoms with Gasteiger partial charge in [-0.2, -0.15) is 0 Å². The lowest BCUT2D eigenvalue weighted by atomic mass is 10.1. The monoisotopic (exact) mass is 525 g/mol. The van der Waals surface area contributed by atoms with E-state index in [1.165, 1.54) is 0 Å². The number of amides is 2. The van der Waals surface area contributed by atoms with Crippen LogP contribution >= 0.6 is 28.1 Å².